The summed E-state index contributed by atoms with van der Waals surface area (Å²) in [5, 5.41) is 10.8. The van der Waals surface area contributed by atoms with Crippen LogP contribution in [0, 0.1) is 0 Å². The molecular weight excluding hydrogens is 250 g/mol. The number of hydrogen-bond donors (Lipinski definition) is 1. The van der Waals surface area contributed by atoms with Gasteiger partial charge in [-0.05, 0) is 6.42 Å². The Morgan fingerprint density at radius 2 is 2.31 bits per heavy atom. The first kappa shape index (κ1) is 11.5. The lowest BCUT2D eigenvalue weighted by Gasteiger charge is -2.17. The third-order valence-electron chi connectivity index (χ3n) is 2.74. The van der Waals surface area contributed by atoms with Crippen LogP contribution < -0.4 is 0 Å². The van der Waals surface area contributed by atoms with Crippen molar-refractivity contribution < 1.29 is 18.3 Å². The van der Waals surface area contributed by atoms with Gasteiger partial charge in [-0.15, -0.1) is 11.3 Å². The molecule has 1 N–H and O–H groups in total. The number of aromatic carboxylic acids is 1. The van der Waals surface area contributed by atoms with E-state index in [9.17, 15) is 13.2 Å². The standard InChI is InChI=1S/C9H11NO4S2/c1-9(2-3-16(13,14)5-9)8-10-6(4-15-8)7(11)12/h4H,2-3,5H2,1H3,(H,11,12). The summed E-state index contributed by atoms with van der Waals surface area (Å²) < 4.78 is 22.8. The summed E-state index contributed by atoms with van der Waals surface area (Å²) in [5.41, 5.74) is -0.525. The molecule has 0 radical (unpaired) electrons. The minimum absolute atomic E-state index is 0.00878. The van der Waals surface area contributed by atoms with Crippen molar-refractivity contribution in [3.63, 3.8) is 0 Å². The van der Waals surface area contributed by atoms with E-state index in [1.54, 1.807) is 0 Å². The van der Waals surface area contributed by atoms with Gasteiger partial charge in [-0.3, -0.25) is 0 Å². The zero-order chi connectivity index (χ0) is 12.0. The van der Waals surface area contributed by atoms with Crippen LogP contribution in [-0.4, -0.2) is 36.0 Å². The molecule has 0 aliphatic carbocycles. The molecule has 1 aliphatic rings. The molecule has 88 valence electrons. The van der Waals surface area contributed by atoms with E-state index in [2.05, 4.69) is 4.98 Å². The highest BCUT2D eigenvalue weighted by Gasteiger charge is 2.42. The number of carboxylic acids is 1. The number of sulfone groups is 1. The third-order valence-corrected chi connectivity index (χ3v) is 5.79. The van der Waals surface area contributed by atoms with Gasteiger partial charge in [0.25, 0.3) is 0 Å². The van der Waals surface area contributed by atoms with E-state index < -0.39 is 21.2 Å². The van der Waals surface area contributed by atoms with E-state index in [0.717, 1.165) is 0 Å². The van der Waals surface area contributed by atoms with Gasteiger partial charge in [-0.1, -0.05) is 6.92 Å². The van der Waals surface area contributed by atoms with Crippen molar-refractivity contribution in [1.29, 1.82) is 0 Å². The predicted molar refractivity (Wildman–Crippen MR) is 59.7 cm³/mol. The maximum atomic E-state index is 11.4. The quantitative estimate of drug-likeness (QED) is 0.855. The Hall–Kier alpha value is -0.950. The number of thiazole rings is 1. The van der Waals surface area contributed by atoms with Gasteiger partial charge >= 0.3 is 5.97 Å². The lowest BCUT2D eigenvalue weighted by Crippen LogP contribution is -2.23. The summed E-state index contributed by atoms with van der Waals surface area (Å²) in [6, 6.07) is 0. The van der Waals surface area contributed by atoms with Crippen LogP contribution in [-0.2, 0) is 15.3 Å². The van der Waals surface area contributed by atoms with Gasteiger partial charge in [0.15, 0.2) is 15.5 Å². The van der Waals surface area contributed by atoms with Gasteiger partial charge in [-0.2, -0.15) is 0 Å². The molecule has 1 aromatic rings. The number of hydrogen-bond acceptors (Lipinski definition) is 5. The largest absolute Gasteiger partial charge is 0.476 e. The van der Waals surface area contributed by atoms with Crippen LogP contribution in [0.25, 0.3) is 0 Å². The number of rotatable bonds is 2. The van der Waals surface area contributed by atoms with Crippen LogP contribution in [0.15, 0.2) is 5.38 Å². The molecule has 5 nitrogen and oxygen atoms in total. The van der Waals surface area contributed by atoms with Crippen molar-refractivity contribution in [3.8, 4) is 0 Å². The fraction of sp³-hybridized carbons (Fsp3) is 0.556. The maximum Gasteiger partial charge on any atom is 0.355 e. The highest BCUT2D eigenvalue weighted by Crippen LogP contribution is 2.37. The van der Waals surface area contributed by atoms with Gasteiger partial charge in [0, 0.05) is 10.8 Å². The second-order valence-electron chi connectivity index (χ2n) is 4.25. The van der Waals surface area contributed by atoms with Gasteiger partial charge < -0.3 is 5.11 Å². The first-order valence-electron chi connectivity index (χ1n) is 4.72. The van der Waals surface area contributed by atoms with Gasteiger partial charge in [0.1, 0.15) is 5.01 Å². The molecule has 1 saturated heterocycles. The molecule has 0 aromatic carbocycles. The molecule has 0 spiro atoms. The molecule has 0 bridgehead atoms. The highest BCUT2D eigenvalue weighted by molar-refractivity contribution is 7.91. The topological polar surface area (TPSA) is 84.3 Å². The van der Waals surface area contributed by atoms with Gasteiger partial charge in [-0.25, -0.2) is 18.2 Å². The minimum Gasteiger partial charge on any atom is -0.476 e. The van der Waals surface area contributed by atoms with Crippen molar-refractivity contribution >= 4 is 27.1 Å². The molecule has 1 aliphatic heterocycles. The summed E-state index contributed by atoms with van der Waals surface area (Å²) in [5.74, 6) is -0.857. The van der Waals surface area contributed by atoms with Crippen molar-refractivity contribution in [1.82, 2.24) is 4.98 Å². The summed E-state index contributed by atoms with van der Waals surface area (Å²) in [6.45, 7) is 1.82. The highest BCUT2D eigenvalue weighted by atomic mass is 32.2. The normalized spacial score (nSPS) is 28.1. The summed E-state index contributed by atoms with van der Waals surface area (Å²) >= 11 is 1.22. The lowest BCUT2D eigenvalue weighted by atomic mass is 9.91. The van der Waals surface area contributed by atoms with E-state index in [-0.39, 0.29) is 17.2 Å². The fourth-order valence-corrected chi connectivity index (χ4v) is 5.06. The molecule has 1 atom stereocenters. The Balaban J connectivity index is 2.34. The molecule has 0 amide bonds. The smallest absolute Gasteiger partial charge is 0.355 e. The SMILES string of the molecule is CC1(c2nc(C(=O)O)cs2)CCS(=O)(=O)C1. The van der Waals surface area contributed by atoms with Crippen molar-refractivity contribution in [2.75, 3.05) is 11.5 Å². The maximum absolute atomic E-state index is 11.4. The summed E-state index contributed by atoms with van der Waals surface area (Å²) in [7, 11) is -2.99. The Bertz CT molecular complexity index is 533. The van der Waals surface area contributed by atoms with E-state index in [1.807, 2.05) is 6.92 Å². The molecule has 0 saturated carbocycles. The lowest BCUT2D eigenvalue weighted by molar-refractivity contribution is 0.0691. The molecule has 1 aromatic heterocycles. The Kier molecular flexibility index (Phi) is 2.54. The number of aromatic nitrogens is 1. The Morgan fingerprint density at radius 1 is 1.62 bits per heavy atom. The second kappa shape index (κ2) is 3.53. The van der Waals surface area contributed by atoms with E-state index in [0.29, 0.717) is 11.4 Å². The predicted octanol–water partition coefficient (Wildman–Crippen LogP) is 0.917. The number of carbonyl (C=O) groups is 1. The zero-order valence-corrected chi connectivity index (χ0v) is 10.3. The summed E-state index contributed by atoms with van der Waals surface area (Å²) in [6.07, 6.45) is 0.516. The Labute approximate surface area is 97.1 Å². The number of nitrogens with zero attached hydrogens (tertiary/aromatic N) is 1. The monoisotopic (exact) mass is 261 g/mol. The fourth-order valence-electron chi connectivity index (χ4n) is 1.83. The first-order chi connectivity index (χ1) is 7.32. The van der Waals surface area contributed by atoms with E-state index >= 15 is 0 Å². The van der Waals surface area contributed by atoms with Crippen molar-refractivity contribution in [3.05, 3.63) is 16.1 Å². The zero-order valence-electron chi connectivity index (χ0n) is 8.63. The van der Waals surface area contributed by atoms with Crippen LogP contribution in [0.1, 0.15) is 28.8 Å². The molecule has 1 fully saturated rings. The van der Waals surface area contributed by atoms with Crippen LogP contribution in [0.3, 0.4) is 0 Å². The van der Waals surface area contributed by atoms with Gasteiger partial charge in [0.2, 0.25) is 0 Å². The second-order valence-corrected chi connectivity index (χ2v) is 7.29. The molecule has 2 rings (SSSR count). The summed E-state index contributed by atoms with van der Waals surface area (Å²) in [4.78, 5) is 14.7. The van der Waals surface area contributed by atoms with Crippen LogP contribution in [0.4, 0.5) is 0 Å². The van der Waals surface area contributed by atoms with Crippen molar-refractivity contribution in [2.24, 2.45) is 0 Å². The van der Waals surface area contributed by atoms with Crippen molar-refractivity contribution in [2.45, 2.75) is 18.8 Å². The molecule has 1 unspecified atom stereocenters. The van der Waals surface area contributed by atoms with E-state index in [4.69, 9.17) is 5.11 Å². The Morgan fingerprint density at radius 3 is 2.75 bits per heavy atom. The van der Waals surface area contributed by atoms with E-state index in [1.165, 1.54) is 16.7 Å². The minimum atomic E-state index is -2.99. The number of carboxylic acid groups (broad SMARTS) is 1. The van der Waals surface area contributed by atoms with Crippen LogP contribution in [0.2, 0.25) is 0 Å². The van der Waals surface area contributed by atoms with Crippen LogP contribution >= 0.6 is 11.3 Å². The average Bonchev–Trinajstić information content (AvgIpc) is 2.71. The molecular formula is C9H11NO4S2. The first-order valence-corrected chi connectivity index (χ1v) is 7.42. The van der Waals surface area contributed by atoms with Gasteiger partial charge in [0.05, 0.1) is 11.5 Å². The molecule has 2 heterocycles. The third kappa shape index (κ3) is 1.97. The average molecular weight is 261 g/mol. The van der Waals surface area contributed by atoms with Crippen LogP contribution in [0.5, 0.6) is 0 Å². The molecule has 7 heteroatoms. The molecule has 16 heavy (non-hydrogen) atoms.